The third-order valence-electron chi connectivity index (χ3n) is 4.02. The second-order valence-corrected chi connectivity index (χ2v) is 7.17. The molecule has 1 aliphatic rings. The molecule has 1 saturated carbocycles. The number of ether oxygens (including phenoxy) is 1. The van der Waals surface area contributed by atoms with Crippen LogP contribution in [0.15, 0.2) is 42.9 Å². The highest BCUT2D eigenvalue weighted by Gasteiger charge is 2.25. The van der Waals surface area contributed by atoms with Crippen LogP contribution in [0, 0.1) is 0 Å². The highest BCUT2D eigenvalue weighted by atomic mass is 32.2. The highest BCUT2D eigenvalue weighted by Crippen LogP contribution is 2.36. The fourth-order valence-electron chi connectivity index (χ4n) is 2.49. The molecule has 138 valence electrons. The molecule has 3 rings (SSSR count). The van der Waals surface area contributed by atoms with Gasteiger partial charge in [0.2, 0.25) is 0 Å². The van der Waals surface area contributed by atoms with E-state index in [0.29, 0.717) is 11.8 Å². The van der Waals surface area contributed by atoms with E-state index >= 15 is 0 Å². The molecular weight excluding hydrogens is 354 g/mol. The van der Waals surface area contributed by atoms with Crippen molar-refractivity contribution in [3.8, 4) is 0 Å². The van der Waals surface area contributed by atoms with E-state index in [1.165, 1.54) is 24.6 Å². The molecule has 1 amide bonds. The van der Waals surface area contributed by atoms with Crippen LogP contribution in [0.2, 0.25) is 0 Å². The van der Waals surface area contributed by atoms with Crippen LogP contribution in [0.5, 0.6) is 0 Å². The van der Waals surface area contributed by atoms with Gasteiger partial charge in [0, 0.05) is 29.4 Å². The lowest BCUT2D eigenvalue weighted by atomic mass is 10.2. The third-order valence-corrected chi connectivity index (χ3v) is 5.09. The zero-order valence-corrected chi connectivity index (χ0v) is 15.0. The maximum absolute atomic E-state index is 11.9. The van der Waals surface area contributed by atoms with Gasteiger partial charge in [-0.25, -0.2) is 14.6 Å². The highest BCUT2D eigenvalue weighted by molar-refractivity contribution is 7.98. The maximum Gasteiger partial charge on any atom is 0.408 e. The van der Waals surface area contributed by atoms with Crippen molar-refractivity contribution >= 4 is 23.8 Å². The first-order valence-corrected chi connectivity index (χ1v) is 9.57. The fourth-order valence-corrected chi connectivity index (χ4v) is 3.50. The van der Waals surface area contributed by atoms with Gasteiger partial charge in [-0.15, -0.1) is 0 Å². The van der Waals surface area contributed by atoms with Crippen LogP contribution in [0.25, 0.3) is 0 Å². The molecule has 0 saturated heterocycles. The van der Waals surface area contributed by atoms with E-state index < -0.39 is 18.1 Å². The molecule has 7 nitrogen and oxygen atoms in total. The zero-order valence-electron chi connectivity index (χ0n) is 14.2. The Hall–Kier alpha value is -2.48. The van der Waals surface area contributed by atoms with Crippen LogP contribution in [-0.4, -0.2) is 38.5 Å². The third kappa shape index (κ3) is 5.26. The molecule has 1 heterocycles. The van der Waals surface area contributed by atoms with Gasteiger partial charge in [0.15, 0.2) is 0 Å². The van der Waals surface area contributed by atoms with Crippen molar-refractivity contribution < 1.29 is 19.4 Å². The summed E-state index contributed by atoms with van der Waals surface area (Å²) in [5, 5.41) is 11.7. The van der Waals surface area contributed by atoms with E-state index in [9.17, 15) is 14.7 Å². The van der Waals surface area contributed by atoms with Crippen LogP contribution in [0.1, 0.15) is 30.1 Å². The Morgan fingerprint density at radius 3 is 2.81 bits per heavy atom. The summed E-state index contributed by atoms with van der Waals surface area (Å²) in [5.41, 5.74) is 1.92. The molecule has 1 aromatic heterocycles. The number of carbonyl (C=O) groups is 2. The van der Waals surface area contributed by atoms with Gasteiger partial charge in [-0.05, 0) is 18.4 Å². The molecule has 1 fully saturated rings. The molecule has 1 atom stereocenters. The molecule has 8 heteroatoms. The average molecular weight is 375 g/mol. The van der Waals surface area contributed by atoms with Crippen LogP contribution in [0.3, 0.4) is 0 Å². The molecule has 1 unspecified atom stereocenters. The minimum Gasteiger partial charge on any atom is -0.480 e. The first kappa shape index (κ1) is 18.3. The van der Waals surface area contributed by atoms with Crippen molar-refractivity contribution in [1.29, 1.82) is 0 Å². The Balaban J connectivity index is 1.43. The zero-order chi connectivity index (χ0) is 18.4. The molecule has 0 bridgehead atoms. The number of carboxylic acid groups (broad SMARTS) is 1. The lowest BCUT2D eigenvalue weighted by molar-refractivity contribution is -0.138. The molecule has 1 aromatic carbocycles. The number of carboxylic acids is 1. The smallest absolute Gasteiger partial charge is 0.408 e. The summed E-state index contributed by atoms with van der Waals surface area (Å²) in [4.78, 5) is 27.4. The number of nitrogens with zero attached hydrogens (tertiary/aromatic N) is 2. The van der Waals surface area contributed by atoms with Crippen molar-refractivity contribution in [3.05, 3.63) is 54.1 Å². The van der Waals surface area contributed by atoms with Gasteiger partial charge in [0.25, 0.3) is 0 Å². The second-order valence-electron chi connectivity index (χ2n) is 6.14. The lowest BCUT2D eigenvalue weighted by Gasteiger charge is -2.14. The number of thioether (sulfide) groups is 1. The quantitative estimate of drug-likeness (QED) is 0.700. The minimum absolute atomic E-state index is 0.104. The Kier molecular flexibility index (Phi) is 6.17. The molecule has 1 aliphatic carbocycles. The number of carbonyl (C=O) groups excluding carboxylic acids is 1. The topological polar surface area (TPSA) is 93.5 Å². The number of rotatable bonds is 9. The number of aromatic nitrogens is 2. The number of hydrogen-bond acceptors (Lipinski definition) is 5. The number of amides is 1. The van der Waals surface area contributed by atoms with Crippen molar-refractivity contribution in [2.75, 3.05) is 5.75 Å². The van der Waals surface area contributed by atoms with E-state index in [2.05, 4.69) is 14.9 Å². The Morgan fingerprint density at radius 1 is 1.35 bits per heavy atom. The predicted octanol–water partition coefficient (Wildman–Crippen LogP) is 2.83. The number of imidazole rings is 1. The summed E-state index contributed by atoms with van der Waals surface area (Å²) in [6, 6.07) is 8.77. The van der Waals surface area contributed by atoms with Gasteiger partial charge in [0.05, 0.1) is 6.33 Å². The van der Waals surface area contributed by atoms with Crippen LogP contribution < -0.4 is 5.32 Å². The molecule has 0 radical (unpaired) electrons. The van der Waals surface area contributed by atoms with Crippen molar-refractivity contribution in [3.63, 3.8) is 0 Å². The summed E-state index contributed by atoms with van der Waals surface area (Å²) < 4.78 is 7.23. The fraction of sp³-hybridized carbons (Fsp3) is 0.389. The first-order chi connectivity index (χ1) is 12.6. The molecule has 0 spiro atoms. The number of benzene rings is 1. The van der Waals surface area contributed by atoms with Crippen molar-refractivity contribution in [2.24, 2.45) is 0 Å². The average Bonchev–Trinajstić information content (AvgIpc) is 3.38. The monoisotopic (exact) mass is 375 g/mol. The standard InChI is InChI=1S/C18H21N3O4S/c22-17(23)16(20-18(24)25-9-13-4-2-1-3-5-13)11-26-10-15-8-19-12-21(15)14-6-7-14/h1-5,8,12,14,16H,6-7,9-11H2,(H,20,24)(H,22,23). The second kappa shape index (κ2) is 8.75. The molecule has 26 heavy (non-hydrogen) atoms. The predicted molar refractivity (Wildman–Crippen MR) is 97.8 cm³/mol. The molecule has 2 N–H and O–H groups in total. The normalized spacial score (nSPS) is 14.6. The van der Waals surface area contributed by atoms with E-state index in [0.717, 1.165) is 11.3 Å². The Bertz CT molecular complexity index is 746. The van der Waals surface area contributed by atoms with Crippen molar-refractivity contribution in [2.45, 2.75) is 37.3 Å². The molecular formula is C18H21N3O4S. The summed E-state index contributed by atoms with van der Waals surface area (Å²) in [6.07, 6.45) is 5.23. The van der Waals surface area contributed by atoms with Crippen LogP contribution in [-0.2, 0) is 21.9 Å². The first-order valence-electron chi connectivity index (χ1n) is 8.42. The van der Waals surface area contributed by atoms with E-state index in [1.54, 1.807) is 0 Å². The summed E-state index contributed by atoms with van der Waals surface area (Å²) in [6.45, 7) is 0.104. The summed E-state index contributed by atoms with van der Waals surface area (Å²) in [7, 11) is 0. The van der Waals surface area contributed by atoms with Gasteiger partial charge >= 0.3 is 12.1 Å². The van der Waals surface area contributed by atoms with Gasteiger partial charge in [0.1, 0.15) is 12.6 Å². The summed E-state index contributed by atoms with van der Waals surface area (Å²) >= 11 is 1.45. The number of nitrogens with one attached hydrogen (secondary N) is 1. The van der Waals surface area contributed by atoms with Gasteiger partial charge in [-0.2, -0.15) is 11.8 Å². The van der Waals surface area contributed by atoms with E-state index in [4.69, 9.17) is 4.74 Å². The van der Waals surface area contributed by atoms with E-state index in [-0.39, 0.29) is 12.4 Å². The largest absolute Gasteiger partial charge is 0.480 e. The molecule has 2 aromatic rings. The number of alkyl carbamates (subject to hydrolysis) is 1. The lowest BCUT2D eigenvalue weighted by Crippen LogP contribution is -2.42. The Labute approximate surface area is 155 Å². The SMILES string of the molecule is O=C(NC(CSCc1cncn1C1CC1)C(=O)O)OCc1ccccc1. The van der Waals surface area contributed by atoms with Crippen molar-refractivity contribution in [1.82, 2.24) is 14.9 Å². The van der Waals surface area contributed by atoms with Crippen LogP contribution in [0.4, 0.5) is 4.79 Å². The number of aliphatic carboxylic acids is 1. The minimum atomic E-state index is -1.08. The summed E-state index contributed by atoms with van der Waals surface area (Å²) in [5.74, 6) is -0.169. The Morgan fingerprint density at radius 2 is 2.12 bits per heavy atom. The van der Waals surface area contributed by atoms with Gasteiger partial charge < -0.3 is 19.7 Å². The van der Waals surface area contributed by atoms with Gasteiger partial charge in [-0.3, -0.25) is 0 Å². The van der Waals surface area contributed by atoms with Gasteiger partial charge in [-0.1, -0.05) is 30.3 Å². The maximum atomic E-state index is 11.9. The van der Waals surface area contributed by atoms with Crippen LogP contribution >= 0.6 is 11.8 Å². The molecule has 0 aliphatic heterocycles. The number of hydrogen-bond donors (Lipinski definition) is 2. The van der Waals surface area contributed by atoms with E-state index in [1.807, 2.05) is 42.9 Å².